The summed E-state index contributed by atoms with van der Waals surface area (Å²) < 4.78 is 12.6. The molecule has 1 amide bonds. The van der Waals surface area contributed by atoms with Crippen LogP contribution in [-0.2, 0) is 6.42 Å². The van der Waals surface area contributed by atoms with Crippen LogP contribution in [0.4, 0.5) is 5.69 Å². The predicted molar refractivity (Wildman–Crippen MR) is 139 cm³/mol. The number of carbonyl (C=O) groups excluding carboxylic acids is 1. The van der Waals surface area contributed by atoms with Crippen LogP contribution in [0, 0.1) is 0 Å². The first-order chi connectivity index (χ1) is 17.0. The highest BCUT2D eigenvalue weighted by molar-refractivity contribution is 6.07. The fourth-order valence-electron chi connectivity index (χ4n) is 5.38. The summed E-state index contributed by atoms with van der Waals surface area (Å²) in [5.74, 6) is 0.918. The summed E-state index contributed by atoms with van der Waals surface area (Å²) in [5.41, 5.74) is 3.53. The van der Waals surface area contributed by atoms with Crippen molar-refractivity contribution < 1.29 is 14.3 Å². The van der Waals surface area contributed by atoms with Crippen molar-refractivity contribution in [2.75, 3.05) is 45.3 Å². The van der Waals surface area contributed by atoms with E-state index in [9.17, 15) is 9.59 Å². The van der Waals surface area contributed by atoms with Crippen LogP contribution in [0.15, 0.2) is 41.3 Å². The normalized spacial score (nSPS) is 15.7. The first-order valence-electron chi connectivity index (χ1n) is 12.5. The van der Waals surface area contributed by atoms with E-state index in [2.05, 4.69) is 24.0 Å². The number of anilines is 1. The van der Waals surface area contributed by atoms with Gasteiger partial charge >= 0.3 is 0 Å². The van der Waals surface area contributed by atoms with Crippen molar-refractivity contribution in [3.05, 3.63) is 58.0 Å². The molecule has 0 radical (unpaired) electrons. The fraction of sp³-hybridized carbons (Fsp3) is 0.429. The molecule has 3 aromatic rings. The maximum absolute atomic E-state index is 13.8. The quantitative estimate of drug-likeness (QED) is 0.547. The molecule has 0 unspecified atom stereocenters. The molecular weight excluding hydrogens is 442 g/mol. The summed E-state index contributed by atoms with van der Waals surface area (Å²) >= 11 is 0. The zero-order valence-electron chi connectivity index (χ0n) is 20.8. The SMILES string of the molecule is CCN1CCc2ccc(-n3cc(C(=O)N4CCCCCC4)c4cc(OC)c(OC)cc4c3=O)cc21. The molecule has 0 N–H and O–H groups in total. The minimum atomic E-state index is -0.186. The molecule has 5 rings (SSSR count). The van der Waals surface area contributed by atoms with Crippen molar-refractivity contribution in [3.63, 3.8) is 0 Å². The van der Waals surface area contributed by atoms with Gasteiger partial charge in [-0.1, -0.05) is 18.9 Å². The van der Waals surface area contributed by atoms with Crippen molar-refractivity contribution in [3.8, 4) is 17.2 Å². The molecule has 2 aliphatic rings. The van der Waals surface area contributed by atoms with E-state index in [4.69, 9.17) is 9.47 Å². The average Bonchev–Trinajstić information content (AvgIpc) is 3.10. The lowest BCUT2D eigenvalue weighted by atomic mass is 10.0. The number of benzene rings is 2. The Morgan fingerprint density at radius 1 is 0.914 bits per heavy atom. The molecule has 1 aromatic heterocycles. The molecule has 7 nitrogen and oxygen atoms in total. The maximum atomic E-state index is 13.8. The van der Waals surface area contributed by atoms with Crippen LogP contribution in [-0.4, -0.2) is 55.8 Å². The average molecular weight is 476 g/mol. The van der Waals surface area contributed by atoms with Crippen molar-refractivity contribution >= 4 is 22.4 Å². The Labute approximate surface area is 205 Å². The van der Waals surface area contributed by atoms with Crippen LogP contribution >= 0.6 is 0 Å². The molecule has 0 atom stereocenters. The number of aromatic nitrogens is 1. The summed E-state index contributed by atoms with van der Waals surface area (Å²) in [4.78, 5) is 31.9. The Balaban J connectivity index is 1.73. The molecule has 184 valence electrons. The lowest BCUT2D eigenvalue weighted by molar-refractivity contribution is 0.0763. The zero-order valence-corrected chi connectivity index (χ0v) is 20.8. The Kier molecular flexibility index (Phi) is 6.41. The fourth-order valence-corrected chi connectivity index (χ4v) is 5.38. The summed E-state index contributed by atoms with van der Waals surface area (Å²) in [6.45, 7) is 5.51. The van der Waals surface area contributed by atoms with Crippen LogP contribution in [0.1, 0.15) is 48.5 Å². The second-order valence-corrected chi connectivity index (χ2v) is 9.32. The van der Waals surface area contributed by atoms with Gasteiger partial charge < -0.3 is 19.3 Å². The third-order valence-corrected chi connectivity index (χ3v) is 7.37. The molecule has 0 spiro atoms. The number of nitrogens with zero attached hydrogens (tertiary/aromatic N) is 3. The molecule has 0 saturated carbocycles. The van der Waals surface area contributed by atoms with E-state index < -0.39 is 0 Å². The number of hydrogen-bond donors (Lipinski definition) is 0. The van der Waals surface area contributed by atoms with Crippen molar-refractivity contribution in [2.24, 2.45) is 0 Å². The molecule has 1 saturated heterocycles. The third kappa shape index (κ3) is 4.13. The van der Waals surface area contributed by atoms with E-state index in [-0.39, 0.29) is 11.5 Å². The standard InChI is InChI=1S/C28H33N3O4/c1-4-29-14-11-19-9-10-20(15-24(19)29)31-18-23(27(32)30-12-7-5-6-8-13-30)21-16-25(34-2)26(35-3)17-22(21)28(31)33/h9-10,15-18H,4-8,11-14H2,1-3H3. The molecule has 7 heteroatoms. The Morgan fingerprint density at radius 2 is 1.60 bits per heavy atom. The Hall–Kier alpha value is -3.48. The lowest BCUT2D eigenvalue weighted by Crippen LogP contribution is -2.33. The number of ether oxygens (including phenoxy) is 2. The van der Waals surface area contributed by atoms with Gasteiger partial charge in [0.1, 0.15) is 0 Å². The number of methoxy groups -OCH3 is 2. The number of hydrogen-bond acceptors (Lipinski definition) is 5. The van der Waals surface area contributed by atoms with E-state index in [1.54, 1.807) is 37.1 Å². The molecule has 1 fully saturated rings. The maximum Gasteiger partial charge on any atom is 0.263 e. The van der Waals surface area contributed by atoms with Gasteiger partial charge in [0.2, 0.25) is 0 Å². The first kappa shape index (κ1) is 23.3. The van der Waals surface area contributed by atoms with Crippen LogP contribution in [0.25, 0.3) is 16.5 Å². The van der Waals surface area contributed by atoms with E-state index in [1.165, 1.54) is 5.56 Å². The highest BCUT2D eigenvalue weighted by Gasteiger charge is 2.24. The highest BCUT2D eigenvalue weighted by Crippen LogP contribution is 2.34. The second-order valence-electron chi connectivity index (χ2n) is 9.32. The summed E-state index contributed by atoms with van der Waals surface area (Å²) in [5, 5.41) is 1.03. The lowest BCUT2D eigenvalue weighted by Gasteiger charge is -2.23. The number of carbonyl (C=O) groups is 1. The van der Waals surface area contributed by atoms with Gasteiger partial charge in [-0.15, -0.1) is 0 Å². The van der Waals surface area contributed by atoms with Crippen molar-refractivity contribution in [1.29, 1.82) is 0 Å². The molecule has 3 heterocycles. The Morgan fingerprint density at radius 3 is 2.26 bits per heavy atom. The molecule has 2 aliphatic heterocycles. The summed E-state index contributed by atoms with van der Waals surface area (Å²) in [7, 11) is 3.11. The zero-order chi connectivity index (χ0) is 24.5. The summed E-state index contributed by atoms with van der Waals surface area (Å²) in [6, 6.07) is 9.60. The minimum absolute atomic E-state index is 0.0470. The van der Waals surface area contributed by atoms with E-state index in [1.807, 2.05) is 11.0 Å². The van der Waals surface area contributed by atoms with Gasteiger partial charge in [0.15, 0.2) is 11.5 Å². The van der Waals surface area contributed by atoms with E-state index >= 15 is 0 Å². The topological polar surface area (TPSA) is 64.0 Å². The summed E-state index contributed by atoms with van der Waals surface area (Å²) in [6.07, 6.45) is 7.00. The van der Waals surface area contributed by atoms with Gasteiger partial charge in [0.25, 0.3) is 11.5 Å². The first-order valence-corrected chi connectivity index (χ1v) is 12.5. The van der Waals surface area contributed by atoms with E-state index in [0.717, 1.165) is 69.7 Å². The molecular formula is C28H33N3O4. The molecule has 2 aromatic carbocycles. The van der Waals surface area contributed by atoms with Crippen molar-refractivity contribution in [1.82, 2.24) is 9.47 Å². The molecule has 0 aliphatic carbocycles. The number of likely N-dealkylation sites (tertiary alicyclic amines) is 1. The smallest absolute Gasteiger partial charge is 0.263 e. The number of amides is 1. The van der Waals surface area contributed by atoms with Gasteiger partial charge in [-0.2, -0.15) is 0 Å². The van der Waals surface area contributed by atoms with Crippen LogP contribution in [0.5, 0.6) is 11.5 Å². The highest BCUT2D eigenvalue weighted by atomic mass is 16.5. The predicted octanol–water partition coefficient (Wildman–Crippen LogP) is 4.41. The number of rotatable bonds is 5. The van der Waals surface area contributed by atoms with Crippen LogP contribution < -0.4 is 19.9 Å². The minimum Gasteiger partial charge on any atom is -0.493 e. The number of likely N-dealkylation sites (N-methyl/N-ethyl adjacent to an activating group) is 1. The number of pyridine rings is 1. The van der Waals surface area contributed by atoms with Gasteiger partial charge in [-0.25, -0.2) is 0 Å². The van der Waals surface area contributed by atoms with E-state index in [0.29, 0.717) is 27.8 Å². The Bertz CT molecular complexity index is 1320. The van der Waals surface area contributed by atoms with Crippen molar-refractivity contribution in [2.45, 2.75) is 39.0 Å². The van der Waals surface area contributed by atoms with Crippen LogP contribution in [0.3, 0.4) is 0 Å². The molecule has 35 heavy (non-hydrogen) atoms. The third-order valence-electron chi connectivity index (χ3n) is 7.37. The van der Waals surface area contributed by atoms with Gasteiger partial charge in [-0.3, -0.25) is 14.2 Å². The van der Waals surface area contributed by atoms with Gasteiger partial charge in [0.05, 0.1) is 30.9 Å². The largest absolute Gasteiger partial charge is 0.493 e. The second kappa shape index (κ2) is 9.64. The van der Waals surface area contributed by atoms with Crippen LogP contribution in [0.2, 0.25) is 0 Å². The van der Waals surface area contributed by atoms with Gasteiger partial charge in [-0.05, 0) is 56.0 Å². The monoisotopic (exact) mass is 475 g/mol. The van der Waals surface area contributed by atoms with Gasteiger partial charge in [0, 0.05) is 43.4 Å². The number of fused-ring (bicyclic) bond motifs is 2. The molecule has 0 bridgehead atoms.